The van der Waals surface area contributed by atoms with Gasteiger partial charge >= 0.3 is 0 Å². The summed E-state index contributed by atoms with van der Waals surface area (Å²) in [6.07, 6.45) is 11.1. The quantitative estimate of drug-likeness (QED) is 0.166. The first kappa shape index (κ1) is 30.2. The molecule has 0 aromatic heterocycles. The third-order valence-electron chi connectivity index (χ3n) is 11.2. The molecule has 10 rings (SSSR count). The van der Waals surface area contributed by atoms with Crippen molar-refractivity contribution >= 4 is 38.6 Å². The van der Waals surface area contributed by atoms with E-state index in [1.165, 1.54) is 77.3 Å². The minimum absolute atomic E-state index is 0.0889. The maximum atomic E-state index is 3.79. The van der Waals surface area contributed by atoms with Crippen molar-refractivity contribution < 1.29 is 0 Å². The highest BCUT2D eigenvalue weighted by molar-refractivity contribution is 6.18. The van der Waals surface area contributed by atoms with Crippen LogP contribution in [0.25, 0.3) is 43.8 Å². The van der Waals surface area contributed by atoms with Crippen LogP contribution in [0.3, 0.4) is 0 Å². The van der Waals surface area contributed by atoms with Crippen molar-refractivity contribution in [2.24, 2.45) is 0 Å². The molecule has 0 spiro atoms. The smallest absolute Gasteiger partial charge is 0.0640 e. The van der Waals surface area contributed by atoms with Gasteiger partial charge in [-0.1, -0.05) is 152 Å². The molecule has 7 aromatic rings. The first-order valence-electron chi connectivity index (χ1n) is 18.1. The van der Waals surface area contributed by atoms with Crippen LogP contribution in [0.15, 0.2) is 204 Å². The van der Waals surface area contributed by atoms with Crippen LogP contribution in [-0.2, 0) is 5.41 Å². The Bertz CT molecular complexity index is 2660. The zero-order chi connectivity index (χ0) is 34.6. The van der Waals surface area contributed by atoms with Gasteiger partial charge in [0.1, 0.15) is 0 Å². The standard InChI is InChI=1S/C50H36N2/c1-50(36-13-4-2-5-14-36,37-15-6-3-7-16-37)46-21-11-18-41(46)35-24-28-39(32-35)51-38-26-22-34(23-27-38)40-30-31-47-48-43(40)19-10-20-44(48)45-29-25-33-12-8-9-17-42(33)49(45)52-47/h2-10,12-32,39,51-52H,1H3. The fourth-order valence-corrected chi connectivity index (χ4v) is 8.51. The molecule has 0 bridgehead atoms. The lowest BCUT2D eigenvalue weighted by molar-refractivity contribution is 0.688. The molecule has 3 aliphatic rings. The van der Waals surface area contributed by atoms with Crippen LogP contribution in [0.4, 0.5) is 17.1 Å². The van der Waals surface area contributed by atoms with E-state index < -0.39 is 0 Å². The number of hydrogen-bond donors (Lipinski definition) is 2. The van der Waals surface area contributed by atoms with Gasteiger partial charge < -0.3 is 10.6 Å². The van der Waals surface area contributed by atoms with Gasteiger partial charge in [-0.25, -0.2) is 0 Å². The Labute approximate surface area is 304 Å². The summed E-state index contributed by atoms with van der Waals surface area (Å²) in [7, 11) is 0. The molecule has 2 nitrogen and oxygen atoms in total. The monoisotopic (exact) mass is 664 g/mol. The number of benzene rings is 7. The maximum absolute atomic E-state index is 3.79. The van der Waals surface area contributed by atoms with Gasteiger partial charge in [0.2, 0.25) is 0 Å². The van der Waals surface area contributed by atoms with Crippen LogP contribution in [-0.4, -0.2) is 6.04 Å². The van der Waals surface area contributed by atoms with Crippen LogP contribution in [0.1, 0.15) is 18.1 Å². The molecule has 0 saturated heterocycles. The molecule has 1 atom stereocenters. The highest BCUT2D eigenvalue weighted by Gasteiger charge is 2.35. The van der Waals surface area contributed by atoms with Gasteiger partial charge in [0.25, 0.3) is 0 Å². The lowest BCUT2D eigenvalue weighted by Gasteiger charge is -2.33. The SMILES string of the molecule is CC(C1=C(C2=CC(Nc3ccc(-c4ccc5c6c(cccc46)-c4ccc6ccccc6c4N5)cc3)C=C2)C=C=C1)(c1ccccc1)c1ccccc1. The van der Waals surface area contributed by atoms with E-state index in [-0.39, 0.29) is 11.5 Å². The van der Waals surface area contributed by atoms with Crippen LogP contribution < -0.4 is 10.6 Å². The number of rotatable bonds is 7. The van der Waals surface area contributed by atoms with Crippen molar-refractivity contribution in [2.75, 3.05) is 10.6 Å². The summed E-state index contributed by atoms with van der Waals surface area (Å²) in [6.45, 7) is 2.33. The molecule has 246 valence electrons. The van der Waals surface area contributed by atoms with Crippen molar-refractivity contribution in [3.63, 3.8) is 0 Å². The number of anilines is 3. The Morgan fingerprint density at radius 3 is 2.12 bits per heavy atom. The van der Waals surface area contributed by atoms with E-state index in [9.17, 15) is 0 Å². The van der Waals surface area contributed by atoms with Gasteiger partial charge in [-0.05, 0) is 92.6 Å². The molecule has 0 fully saturated rings. The van der Waals surface area contributed by atoms with Gasteiger partial charge in [-0.15, -0.1) is 5.73 Å². The van der Waals surface area contributed by atoms with Crippen LogP contribution in [0.5, 0.6) is 0 Å². The molecule has 1 aliphatic heterocycles. The van der Waals surface area contributed by atoms with Gasteiger partial charge in [-0.2, -0.15) is 0 Å². The number of nitrogens with one attached hydrogen (secondary N) is 2. The van der Waals surface area contributed by atoms with Gasteiger partial charge in [0.05, 0.1) is 11.7 Å². The summed E-state index contributed by atoms with van der Waals surface area (Å²) >= 11 is 0. The van der Waals surface area contributed by atoms with Crippen molar-refractivity contribution in [1.82, 2.24) is 0 Å². The second-order valence-electron chi connectivity index (χ2n) is 14.1. The van der Waals surface area contributed by atoms with E-state index in [4.69, 9.17) is 0 Å². The van der Waals surface area contributed by atoms with E-state index in [0.717, 1.165) is 11.4 Å². The van der Waals surface area contributed by atoms with Gasteiger partial charge in [-0.3, -0.25) is 0 Å². The summed E-state index contributed by atoms with van der Waals surface area (Å²) in [5.41, 5.74) is 17.8. The first-order chi connectivity index (χ1) is 25.6. The Kier molecular flexibility index (Phi) is 6.99. The average Bonchev–Trinajstić information content (AvgIpc) is 3.89. The van der Waals surface area contributed by atoms with Crippen LogP contribution in [0, 0.1) is 0 Å². The molecule has 7 aromatic carbocycles. The highest BCUT2D eigenvalue weighted by Crippen LogP contribution is 2.49. The predicted octanol–water partition coefficient (Wildman–Crippen LogP) is 12.7. The summed E-state index contributed by atoms with van der Waals surface area (Å²) in [4.78, 5) is 0. The number of hydrogen-bond acceptors (Lipinski definition) is 2. The van der Waals surface area contributed by atoms with Crippen molar-refractivity contribution in [1.29, 1.82) is 0 Å². The molecule has 0 amide bonds. The van der Waals surface area contributed by atoms with E-state index in [1.54, 1.807) is 0 Å². The van der Waals surface area contributed by atoms with E-state index in [2.05, 4.69) is 205 Å². The molecule has 0 saturated carbocycles. The van der Waals surface area contributed by atoms with Crippen molar-refractivity contribution in [3.8, 4) is 22.3 Å². The summed E-state index contributed by atoms with van der Waals surface area (Å²) < 4.78 is 0. The Morgan fingerprint density at radius 1 is 0.615 bits per heavy atom. The second-order valence-corrected chi connectivity index (χ2v) is 14.1. The molecule has 2 heteroatoms. The van der Waals surface area contributed by atoms with Gasteiger partial charge in [0.15, 0.2) is 0 Å². The van der Waals surface area contributed by atoms with Crippen molar-refractivity contribution in [3.05, 3.63) is 216 Å². The fraction of sp³-hybridized carbons (Fsp3) is 0.0600. The minimum Gasteiger partial charge on any atom is -0.375 e. The molecule has 1 unspecified atom stereocenters. The zero-order valence-electron chi connectivity index (χ0n) is 28.9. The summed E-state index contributed by atoms with van der Waals surface area (Å²) in [5, 5.41) is 12.6. The van der Waals surface area contributed by atoms with E-state index in [0.29, 0.717) is 0 Å². The molecule has 0 radical (unpaired) electrons. The lowest BCUT2D eigenvalue weighted by atomic mass is 9.69. The Balaban J connectivity index is 0.941. The van der Waals surface area contributed by atoms with E-state index >= 15 is 0 Å². The summed E-state index contributed by atoms with van der Waals surface area (Å²) in [5.74, 6) is 0. The average molecular weight is 665 g/mol. The molecule has 52 heavy (non-hydrogen) atoms. The maximum Gasteiger partial charge on any atom is 0.0640 e. The number of allylic oxidation sites excluding steroid dienone is 5. The fourth-order valence-electron chi connectivity index (χ4n) is 8.51. The topological polar surface area (TPSA) is 24.1 Å². The lowest BCUT2D eigenvalue weighted by Crippen LogP contribution is -2.26. The highest BCUT2D eigenvalue weighted by atomic mass is 14.9. The van der Waals surface area contributed by atoms with Crippen LogP contribution >= 0.6 is 0 Å². The predicted molar refractivity (Wildman–Crippen MR) is 219 cm³/mol. The van der Waals surface area contributed by atoms with Crippen molar-refractivity contribution in [2.45, 2.75) is 18.4 Å². The Morgan fingerprint density at radius 2 is 1.33 bits per heavy atom. The molecular weight excluding hydrogens is 629 g/mol. The minimum atomic E-state index is -0.316. The molecular formula is C50H36N2. The van der Waals surface area contributed by atoms with Gasteiger partial charge in [0, 0.05) is 33.1 Å². The zero-order valence-corrected chi connectivity index (χ0v) is 28.9. The first-order valence-corrected chi connectivity index (χ1v) is 18.1. The molecule has 1 heterocycles. The normalized spacial score (nSPS) is 15.6. The molecule has 2 N–H and O–H groups in total. The largest absolute Gasteiger partial charge is 0.375 e. The Hall–Kier alpha value is -6.60. The van der Waals surface area contributed by atoms with E-state index in [1.807, 2.05) is 0 Å². The third kappa shape index (κ3) is 4.81. The summed E-state index contributed by atoms with van der Waals surface area (Å²) in [6, 6.07) is 54.9. The number of fused-ring (bicyclic) bond motifs is 4. The molecule has 2 aliphatic carbocycles. The third-order valence-corrected chi connectivity index (χ3v) is 11.2. The second kappa shape index (κ2) is 12.0. The van der Waals surface area contributed by atoms with Crippen LogP contribution in [0.2, 0.25) is 0 Å².